The van der Waals surface area contributed by atoms with Gasteiger partial charge in [0.05, 0.1) is 39.0 Å². The van der Waals surface area contributed by atoms with Crippen molar-refractivity contribution in [1.82, 2.24) is 0 Å². The molecular formula is C11H21B2O9. The van der Waals surface area contributed by atoms with Crippen molar-refractivity contribution in [3.8, 4) is 0 Å². The first kappa shape index (κ1) is 19.8. The van der Waals surface area contributed by atoms with Crippen molar-refractivity contribution in [2.75, 3.05) is 33.0 Å². The molecule has 0 spiro atoms. The molecule has 125 valence electrons. The van der Waals surface area contributed by atoms with Crippen LogP contribution in [0.15, 0.2) is 0 Å². The topological polar surface area (TPSA) is 149 Å². The maximum atomic E-state index is 9.71. The second kappa shape index (κ2) is 9.16. The molecule has 22 heavy (non-hydrogen) atoms. The third-order valence-electron chi connectivity index (χ3n) is 3.31. The fraction of sp³-hybridized carbons (Fsp3) is 1.00. The lowest BCUT2D eigenvalue weighted by Crippen LogP contribution is -2.50. The quantitative estimate of drug-likeness (QED) is 0.218. The van der Waals surface area contributed by atoms with E-state index in [-0.39, 0.29) is 6.61 Å². The largest absolute Gasteiger partial charge is 0.434 e. The van der Waals surface area contributed by atoms with Crippen molar-refractivity contribution in [3.63, 3.8) is 0 Å². The van der Waals surface area contributed by atoms with Gasteiger partial charge in [0.25, 0.3) is 0 Å². The molecule has 1 aliphatic heterocycles. The van der Waals surface area contributed by atoms with Crippen molar-refractivity contribution < 1.29 is 44.8 Å². The van der Waals surface area contributed by atoms with E-state index in [1.165, 1.54) is 0 Å². The van der Waals surface area contributed by atoms with E-state index in [1.54, 1.807) is 0 Å². The van der Waals surface area contributed by atoms with E-state index in [0.29, 0.717) is 0 Å². The second-order valence-corrected chi connectivity index (χ2v) is 5.09. The van der Waals surface area contributed by atoms with Crippen LogP contribution < -0.4 is 0 Å². The lowest BCUT2D eigenvalue weighted by atomic mass is 9.85. The number of rotatable bonds is 10. The molecule has 1 aliphatic rings. The standard InChI is InChI=1S/C11H21B2O9/c12-7(2-15)22-11(3-16,4-17)5-20-13-10-9(19)8(18)6(1-14)21-10/h6-10,14-19H,1-5H2. The van der Waals surface area contributed by atoms with Crippen LogP contribution in [-0.2, 0) is 14.1 Å². The molecule has 9 nitrogen and oxygen atoms in total. The predicted molar refractivity (Wildman–Crippen MR) is 74.1 cm³/mol. The smallest absolute Gasteiger partial charge is 0.327 e. The summed E-state index contributed by atoms with van der Waals surface area (Å²) in [4.78, 5) is 0. The van der Waals surface area contributed by atoms with Crippen molar-refractivity contribution >= 4 is 15.3 Å². The maximum absolute atomic E-state index is 9.71. The first-order valence-corrected chi connectivity index (χ1v) is 6.76. The summed E-state index contributed by atoms with van der Waals surface area (Å²) in [5.74, 6) is 0. The van der Waals surface area contributed by atoms with E-state index in [9.17, 15) is 20.4 Å². The first-order chi connectivity index (χ1) is 10.4. The van der Waals surface area contributed by atoms with Gasteiger partial charge >= 0.3 is 7.48 Å². The van der Waals surface area contributed by atoms with Gasteiger partial charge in [-0.2, -0.15) is 0 Å². The van der Waals surface area contributed by atoms with Crippen LogP contribution in [0.4, 0.5) is 0 Å². The van der Waals surface area contributed by atoms with Crippen molar-refractivity contribution in [2.45, 2.75) is 35.9 Å². The molecule has 1 heterocycles. The highest BCUT2D eigenvalue weighted by Crippen LogP contribution is 2.21. The fourth-order valence-electron chi connectivity index (χ4n) is 1.94. The Labute approximate surface area is 130 Å². The minimum absolute atomic E-state index is 0.333. The molecule has 0 amide bonds. The van der Waals surface area contributed by atoms with Gasteiger partial charge in [0.1, 0.15) is 31.8 Å². The number of ether oxygens (including phenoxy) is 2. The Morgan fingerprint density at radius 3 is 2.23 bits per heavy atom. The average Bonchev–Trinajstić information content (AvgIpc) is 2.81. The number of hydrogen-bond donors (Lipinski definition) is 6. The van der Waals surface area contributed by atoms with Gasteiger partial charge in [0.15, 0.2) is 0 Å². The van der Waals surface area contributed by atoms with E-state index in [1.807, 2.05) is 0 Å². The van der Waals surface area contributed by atoms with E-state index >= 15 is 0 Å². The number of hydrogen-bond acceptors (Lipinski definition) is 9. The Balaban J connectivity index is 2.49. The molecule has 0 aromatic carbocycles. The zero-order chi connectivity index (χ0) is 16.8. The third kappa shape index (κ3) is 4.88. The van der Waals surface area contributed by atoms with Crippen LogP contribution in [0.1, 0.15) is 0 Å². The van der Waals surface area contributed by atoms with Crippen molar-refractivity contribution in [3.05, 3.63) is 0 Å². The predicted octanol–water partition coefficient (Wildman–Crippen LogP) is -4.71. The van der Waals surface area contributed by atoms with E-state index in [2.05, 4.69) is 0 Å². The maximum Gasteiger partial charge on any atom is 0.327 e. The summed E-state index contributed by atoms with van der Waals surface area (Å²) in [5.41, 5.74) is -1.54. The van der Waals surface area contributed by atoms with Gasteiger partial charge in [-0.3, -0.25) is 0 Å². The summed E-state index contributed by atoms with van der Waals surface area (Å²) in [6, 6.07) is -2.11. The zero-order valence-corrected chi connectivity index (χ0v) is 12.0. The summed E-state index contributed by atoms with van der Waals surface area (Å²) in [6.07, 6.45) is -3.47. The Morgan fingerprint density at radius 2 is 1.77 bits per heavy atom. The van der Waals surface area contributed by atoms with Gasteiger partial charge in [-0.25, -0.2) is 0 Å². The Kier molecular flexibility index (Phi) is 8.25. The Hall–Kier alpha value is -0.230. The van der Waals surface area contributed by atoms with Gasteiger partial charge in [-0.05, 0) is 0 Å². The lowest BCUT2D eigenvalue weighted by molar-refractivity contribution is -0.147. The highest BCUT2D eigenvalue weighted by Gasteiger charge is 2.43. The molecule has 0 saturated carbocycles. The summed E-state index contributed by atoms with van der Waals surface area (Å²) >= 11 is 0. The summed E-state index contributed by atoms with van der Waals surface area (Å²) < 4.78 is 15.4. The normalized spacial score (nSPS) is 30.5. The highest BCUT2D eigenvalue weighted by atomic mass is 16.6. The lowest BCUT2D eigenvalue weighted by Gasteiger charge is -2.33. The summed E-state index contributed by atoms with van der Waals surface area (Å²) in [5, 5.41) is 55.7. The fourth-order valence-corrected chi connectivity index (χ4v) is 1.94. The van der Waals surface area contributed by atoms with E-state index < -0.39 is 62.3 Å². The van der Waals surface area contributed by atoms with E-state index in [0.717, 1.165) is 7.48 Å². The molecule has 3 radical (unpaired) electrons. The Bertz CT molecular complexity index is 318. The minimum atomic E-state index is -1.54. The monoisotopic (exact) mass is 319 g/mol. The van der Waals surface area contributed by atoms with Gasteiger partial charge < -0.3 is 44.8 Å². The molecule has 0 aromatic rings. The third-order valence-corrected chi connectivity index (χ3v) is 3.31. The van der Waals surface area contributed by atoms with Crippen LogP contribution in [-0.4, -0.2) is 115 Å². The van der Waals surface area contributed by atoms with Crippen molar-refractivity contribution in [2.24, 2.45) is 0 Å². The number of aliphatic hydroxyl groups is 6. The molecular weight excluding hydrogens is 298 g/mol. The SMILES string of the molecule is [B]C(CO)OC(CO)(CO)CO[B]C1OC(CO)C(O)C1O. The molecule has 1 fully saturated rings. The molecule has 0 bridgehead atoms. The molecule has 1 saturated heterocycles. The van der Waals surface area contributed by atoms with Gasteiger partial charge in [0.2, 0.25) is 0 Å². The highest BCUT2D eigenvalue weighted by molar-refractivity contribution is 6.29. The van der Waals surface area contributed by atoms with Gasteiger partial charge in [-0.15, -0.1) is 0 Å². The van der Waals surface area contributed by atoms with Crippen LogP contribution in [0.25, 0.3) is 0 Å². The molecule has 11 heteroatoms. The molecule has 5 atom stereocenters. The van der Waals surface area contributed by atoms with Crippen LogP contribution in [0.2, 0.25) is 0 Å². The van der Waals surface area contributed by atoms with E-state index in [4.69, 9.17) is 32.2 Å². The molecule has 1 rings (SSSR count). The minimum Gasteiger partial charge on any atom is -0.434 e. The average molecular weight is 319 g/mol. The summed E-state index contributed by atoms with van der Waals surface area (Å²) in [7, 11) is 6.46. The summed E-state index contributed by atoms with van der Waals surface area (Å²) in [6.45, 7) is -2.56. The molecule has 0 aromatic heterocycles. The van der Waals surface area contributed by atoms with Gasteiger partial charge in [-0.1, -0.05) is 0 Å². The molecule has 5 unspecified atom stereocenters. The molecule has 6 N–H and O–H groups in total. The van der Waals surface area contributed by atoms with Crippen LogP contribution in [0.5, 0.6) is 0 Å². The molecule has 0 aliphatic carbocycles. The Morgan fingerprint density at radius 1 is 1.14 bits per heavy atom. The van der Waals surface area contributed by atoms with Crippen LogP contribution in [0.3, 0.4) is 0 Å². The van der Waals surface area contributed by atoms with Crippen LogP contribution in [0, 0.1) is 0 Å². The van der Waals surface area contributed by atoms with Crippen molar-refractivity contribution in [1.29, 1.82) is 0 Å². The first-order valence-electron chi connectivity index (χ1n) is 6.76. The number of aliphatic hydroxyl groups excluding tert-OH is 6. The zero-order valence-electron chi connectivity index (χ0n) is 12.0. The van der Waals surface area contributed by atoms with Gasteiger partial charge in [0, 0.05) is 6.00 Å². The van der Waals surface area contributed by atoms with Crippen LogP contribution >= 0.6 is 0 Å². The second-order valence-electron chi connectivity index (χ2n) is 5.09.